The number of benzene rings is 1. The van der Waals surface area contributed by atoms with Gasteiger partial charge in [-0.05, 0) is 24.6 Å². The third kappa shape index (κ3) is 4.10. The molecule has 0 fully saturated rings. The Labute approximate surface area is 168 Å². The van der Waals surface area contributed by atoms with Gasteiger partial charge in [-0.25, -0.2) is 8.42 Å². The topological polar surface area (TPSA) is 133 Å². The average molecular weight is 414 g/mol. The fraction of sp³-hybridized carbons (Fsp3) is 0.263. The first-order valence-electron chi connectivity index (χ1n) is 8.52. The number of hydrogen-bond donors (Lipinski definition) is 3. The van der Waals surface area contributed by atoms with Crippen LogP contribution in [0.1, 0.15) is 21.6 Å². The molecule has 1 aliphatic heterocycles. The minimum Gasteiger partial charge on any atom is -0.487 e. The highest BCUT2D eigenvalue weighted by atomic mass is 32.2. The first-order chi connectivity index (χ1) is 13.8. The van der Waals surface area contributed by atoms with Gasteiger partial charge in [-0.3, -0.25) is 4.79 Å². The summed E-state index contributed by atoms with van der Waals surface area (Å²) in [4.78, 5) is 12.7. The van der Waals surface area contributed by atoms with Crippen molar-refractivity contribution in [2.75, 3.05) is 18.5 Å². The Morgan fingerprint density at radius 1 is 1.48 bits per heavy atom. The number of aryl methyl sites for hydroxylation is 2. The van der Waals surface area contributed by atoms with E-state index in [-0.39, 0.29) is 22.9 Å². The van der Waals surface area contributed by atoms with Crippen LogP contribution in [0.15, 0.2) is 29.3 Å². The Kier molecular flexibility index (Phi) is 5.62. The van der Waals surface area contributed by atoms with Crippen molar-refractivity contribution in [3.05, 3.63) is 41.2 Å². The SMILES string of the molecule is Cc1ccc(NC(=O)c2c3c(cn2C)S(=O)(=O)N[C@H](C#CCO)CO3)cc1C#N. The van der Waals surface area contributed by atoms with Crippen LogP contribution in [0.3, 0.4) is 0 Å². The number of rotatable bonds is 2. The van der Waals surface area contributed by atoms with Crippen molar-refractivity contribution in [1.29, 1.82) is 5.26 Å². The van der Waals surface area contributed by atoms with Crippen molar-refractivity contribution in [3.8, 4) is 23.7 Å². The summed E-state index contributed by atoms with van der Waals surface area (Å²) in [5, 5.41) is 20.6. The molecule has 1 atom stereocenters. The van der Waals surface area contributed by atoms with Gasteiger partial charge in [0, 0.05) is 18.9 Å². The highest BCUT2D eigenvalue weighted by Gasteiger charge is 2.34. The van der Waals surface area contributed by atoms with Crippen LogP contribution in [0.4, 0.5) is 5.69 Å². The van der Waals surface area contributed by atoms with Gasteiger partial charge in [0.15, 0.2) is 11.4 Å². The molecule has 10 heteroatoms. The number of aliphatic hydroxyl groups excluding tert-OH is 1. The van der Waals surface area contributed by atoms with Gasteiger partial charge in [0.25, 0.3) is 5.91 Å². The van der Waals surface area contributed by atoms with E-state index in [0.29, 0.717) is 11.3 Å². The van der Waals surface area contributed by atoms with Gasteiger partial charge in [0.2, 0.25) is 10.0 Å². The quantitative estimate of drug-likeness (QED) is 0.613. The fourth-order valence-electron chi connectivity index (χ4n) is 2.87. The summed E-state index contributed by atoms with van der Waals surface area (Å²) < 4.78 is 34.6. The van der Waals surface area contributed by atoms with Crippen LogP contribution in [0.25, 0.3) is 0 Å². The number of ether oxygens (including phenoxy) is 1. The zero-order chi connectivity index (χ0) is 21.2. The lowest BCUT2D eigenvalue weighted by molar-refractivity contribution is 0.101. The summed E-state index contributed by atoms with van der Waals surface area (Å²) in [5.74, 6) is 4.28. The van der Waals surface area contributed by atoms with E-state index in [1.54, 1.807) is 19.1 Å². The van der Waals surface area contributed by atoms with Gasteiger partial charge >= 0.3 is 0 Å². The second-order valence-corrected chi connectivity index (χ2v) is 8.02. The summed E-state index contributed by atoms with van der Waals surface area (Å²) in [7, 11) is -2.46. The molecule has 0 saturated carbocycles. The minimum atomic E-state index is -3.99. The van der Waals surface area contributed by atoms with Gasteiger partial charge in [-0.2, -0.15) is 9.98 Å². The molecule has 9 nitrogen and oxygen atoms in total. The van der Waals surface area contributed by atoms with Gasteiger partial charge in [0.1, 0.15) is 24.2 Å². The number of fused-ring (bicyclic) bond motifs is 1. The Hall–Kier alpha value is -3.31. The predicted octanol–water partition coefficient (Wildman–Crippen LogP) is 0.492. The Balaban J connectivity index is 1.96. The number of nitrogens with zero attached hydrogens (tertiary/aromatic N) is 2. The number of hydrogen-bond acceptors (Lipinski definition) is 6. The van der Waals surface area contributed by atoms with Crippen LogP contribution >= 0.6 is 0 Å². The maximum absolute atomic E-state index is 12.9. The third-order valence-electron chi connectivity index (χ3n) is 4.27. The third-order valence-corrected chi connectivity index (χ3v) is 5.73. The molecule has 1 aliphatic rings. The van der Waals surface area contributed by atoms with Gasteiger partial charge < -0.3 is 19.7 Å². The van der Waals surface area contributed by atoms with Crippen LogP contribution in [-0.2, 0) is 17.1 Å². The Morgan fingerprint density at radius 3 is 2.93 bits per heavy atom. The van der Waals surface area contributed by atoms with Crippen LogP contribution in [0, 0.1) is 30.1 Å². The van der Waals surface area contributed by atoms with E-state index in [9.17, 15) is 13.2 Å². The molecule has 3 N–H and O–H groups in total. The molecule has 1 aromatic heterocycles. The van der Waals surface area contributed by atoms with E-state index in [1.165, 1.54) is 23.9 Å². The van der Waals surface area contributed by atoms with E-state index in [4.69, 9.17) is 15.1 Å². The van der Waals surface area contributed by atoms with E-state index in [1.807, 2.05) is 6.07 Å². The molecule has 0 radical (unpaired) electrons. The average Bonchev–Trinajstić information content (AvgIpc) is 2.96. The number of sulfonamides is 1. The molecule has 29 heavy (non-hydrogen) atoms. The molecule has 2 aromatic rings. The molecule has 0 bridgehead atoms. The zero-order valence-electron chi connectivity index (χ0n) is 15.7. The van der Waals surface area contributed by atoms with Crippen LogP contribution in [0.2, 0.25) is 0 Å². The lowest BCUT2D eigenvalue weighted by Gasteiger charge is -2.11. The maximum atomic E-state index is 12.9. The first kappa shape index (κ1) is 20.4. The molecule has 0 spiro atoms. The Bertz CT molecular complexity index is 1180. The zero-order valence-corrected chi connectivity index (χ0v) is 16.5. The van der Waals surface area contributed by atoms with Crippen molar-refractivity contribution in [3.63, 3.8) is 0 Å². The number of aromatic nitrogens is 1. The number of nitrogens with one attached hydrogen (secondary N) is 2. The monoisotopic (exact) mass is 414 g/mol. The van der Waals surface area contributed by atoms with Crippen molar-refractivity contribution in [2.45, 2.75) is 17.9 Å². The summed E-state index contributed by atoms with van der Waals surface area (Å²) in [5.41, 5.74) is 1.60. The second-order valence-electron chi connectivity index (χ2n) is 6.34. The molecular weight excluding hydrogens is 396 g/mol. The second kappa shape index (κ2) is 7.97. The van der Waals surface area contributed by atoms with Crippen molar-refractivity contribution >= 4 is 21.6 Å². The first-order valence-corrected chi connectivity index (χ1v) is 10.0. The molecule has 1 aromatic carbocycles. The number of aliphatic hydroxyl groups is 1. The van der Waals surface area contributed by atoms with E-state index in [0.717, 1.165) is 5.56 Å². The summed E-state index contributed by atoms with van der Waals surface area (Å²) in [6.07, 6.45) is 1.28. The molecule has 2 heterocycles. The molecular formula is C19H18N4O5S. The number of amides is 1. The maximum Gasteiger partial charge on any atom is 0.276 e. The smallest absolute Gasteiger partial charge is 0.276 e. The van der Waals surface area contributed by atoms with Crippen molar-refractivity contribution in [2.24, 2.45) is 7.05 Å². The fourth-order valence-corrected chi connectivity index (χ4v) is 4.20. The lowest BCUT2D eigenvalue weighted by Crippen LogP contribution is -2.35. The van der Waals surface area contributed by atoms with Crippen LogP contribution in [-0.4, -0.2) is 43.3 Å². The molecule has 0 aliphatic carbocycles. The normalized spacial score (nSPS) is 17.0. The molecule has 150 valence electrons. The molecule has 3 rings (SSSR count). The predicted molar refractivity (Wildman–Crippen MR) is 104 cm³/mol. The van der Waals surface area contributed by atoms with Crippen LogP contribution in [0.5, 0.6) is 5.75 Å². The largest absolute Gasteiger partial charge is 0.487 e. The lowest BCUT2D eigenvalue weighted by atomic mass is 10.1. The summed E-state index contributed by atoms with van der Waals surface area (Å²) in [6, 6.07) is 6.07. The summed E-state index contributed by atoms with van der Waals surface area (Å²) in [6.45, 7) is 1.23. The van der Waals surface area contributed by atoms with E-state index >= 15 is 0 Å². The molecule has 0 unspecified atom stereocenters. The van der Waals surface area contributed by atoms with Crippen LogP contribution < -0.4 is 14.8 Å². The van der Waals surface area contributed by atoms with Gasteiger partial charge in [-0.15, -0.1) is 0 Å². The number of carbonyl (C=O) groups excluding carboxylic acids is 1. The highest BCUT2D eigenvalue weighted by Crippen LogP contribution is 2.32. The number of nitriles is 1. The van der Waals surface area contributed by atoms with Crippen molar-refractivity contribution < 1.29 is 23.1 Å². The standard InChI is InChI=1S/C19H18N4O5S/c1-12-5-6-14(8-13(12)9-20)21-19(25)17-18-16(10-23(17)2)29(26,27)22-15(11-28-18)4-3-7-24/h5-6,8,10,15,22,24H,7,11H2,1-2H3,(H,21,25)/t15-/m1/s1. The minimum absolute atomic E-state index is 0.0141. The molecule has 0 saturated heterocycles. The van der Waals surface area contributed by atoms with Gasteiger partial charge in [-0.1, -0.05) is 17.9 Å². The number of anilines is 1. The van der Waals surface area contributed by atoms with E-state index in [2.05, 4.69) is 21.9 Å². The summed E-state index contributed by atoms with van der Waals surface area (Å²) >= 11 is 0. The molecule has 1 amide bonds. The highest BCUT2D eigenvalue weighted by molar-refractivity contribution is 7.89. The van der Waals surface area contributed by atoms with Gasteiger partial charge in [0.05, 0.1) is 11.6 Å². The van der Waals surface area contributed by atoms with Crippen molar-refractivity contribution in [1.82, 2.24) is 9.29 Å². The number of carbonyl (C=O) groups is 1. The Morgan fingerprint density at radius 2 is 2.24 bits per heavy atom. The van der Waals surface area contributed by atoms with E-state index < -0.39 is 28.6 Å².